The van der Waals surface area contributed by atoms with Gasteiger partial charge < -0.3 is 0 Å². The van der Waals surface area contributed by atoms with Crippen molar-refractivity contribution in [1.29, 1.82) is 0 Å². The molecule has 0 amide bonds. The molecule has 0 aliphatic heterocycles. The van der Waals surface area contributed by atoms with Crippen LogP contribution in [0.5, 0.6) is 0 Å². The summed E-state index contributed by atoms with van der Waals surface area (Å²) < 4.78 is 0. The third-order valence-corrected chi connectivity index (χ3v) is 2.97. The number of tetrazole rings is 1. The number of hydrogen-bond acceptors (Lipinski definition) is 3. The van der Waals surface area contributed by atoms with Gasteiger partial charge in [0.1, 0.15) is 0 Å². The van der Waals surface area contributed by atoms with E-state index in [0.29, 0.717) is 12.2 Å². The molecule has 0 atom stereocenters. The minimum absolute atomic E-state index is 0.643. The zero-order valence-electron chi connectivity index (χ0n) is 10.1. The summed E-state index contributed by atoms with van der Waals surface area (Å²) in [5.74, 6) is 0.686. The Bertz CT molecular complexity index is 661. The molecule has 94 valence electrons. The molecule has 19 heavy (non-hydrogen) atoms. The van der Waals surface area contributed by atoms with Crippen molar-refractivity contribution in [2.24, 2.45) is 0 Å². The summed E-state index contributed by atoms with van der Waals surface area (Å²) in [4.78, 5) is 1.53. The lowest BCUT2D eigenvalue weighted by Crippen LogP contribution is -1.99. The highest BCUT2D eigenvalue weighted by Crippen LogP contribution is 2.12. The molecule has 5 heteroatoms. The maximum absolute atomic E-state index is 5.85. The van der Waals surface area contributed by atoms with Crippen LogP contribution in [0.3, 0.4) is 0 Å². The highest BCUT2D eigenvalue weighted by atomic mass is 35.5. The Morgan fingerprint density at radius 3 is 2.42 bits per heavy atom. The van der Waals surface area contributed by atoms with Gasteiger partial charge in [0, 0.05) is 11.4 Å². The number of hydrogen-bond donors (Lipinski definition) is 0. The van der Waals surface area contributed by atoms with Crippen LogP contribution in [-0.4, -0.2) is 20.2 Å². The van der Waals surface area contributed by atoms with E-state index in [1.165, 1.54) is 4.80 Å². The summed E-state index contributed by atoms with van der Waals surface area (Å²) in [5.41, 5.74) is 2.01. The van der Waals surface area contributed by atoms with E-state index in [4.69, 9.17) is 11.6 Å². The fourth-order valence-electron chi connectivity index (χ4n) is 1.77. The third-order valence-electron chi connectivity index (χ3n) is 2.72. The first-order chi connectivity index (χ1) is 9.31. The number of benzene rings is 2. The molecule has 0 bridgehead atoms. The molecule has 0 N–H and O–H groups in total. The summed E-state index contributed by atoms with van der Waals surface area (Å²) in [6.07, 6.45) is 0.643. The fourth-order valence-corrected chi connectivity index (χ4v) is 1.90. The van der Waals surface area contributed by atoms with Crippen LogP contribution in [0.4, 0.5) is 0 Å². The molecule has 3 aromatic rings. The topological polar surface area (TPSA) is 43.6 Å². The summed E-state index contributed by atoms with van der Waals surface area (Å²) in [6.45, 7) is 0. The Labute approximate surface area is 115 Å². The summed E-state index contributed by atoms with van der Waals surface area (Å²) >= 11 is 5.85. The van der Waals surface area contributed by atoms with Gasteiger partial charge in [0.05, 0.1) is 5.69 Å². The van der Waals surface area contributed by atoms with Gasteiger partial charge in [-0.05, 0) is 35.0 Å². The lowest BCUT2D eigenvalue weighted by atomic mass is 10.1. The summed E-state index contributed by atoms with van der Waals surface area (Å²) in [6, 6.07) is 17.4. The molecule has 4 nitrogen and oxygen atoms in total. The van der Waals surface area contributed by atoms with Gasteiger partial charge in [0.25, 0.3) is 0 Å². The number of nitrogens with zero attached hydrogens (tertiary/aromatic N) is 4. The van der Waals surface area contributed by atoms with Crippen molar-refractivity contribution in [2.75, 3.05) is 0 Å². The quantitative estimate of drug-likeness (QED) is 0.735. The van der Waals surface area contributed by atoms with Crippen molar-refractivity contribution < 1.29 is 0 Å². The fraction of sp³-hybridized carbons (Fsp3) is 0.0714. The van der Waals surface area contributed by atoms with Gasteiger partial charge >= 0.3 is 0 Å². The lowest BCUT2D eigenvalue weighted by Gasteiger charge is -1.97. The Morgan fingerprint density at radius 2 is 1.68 bits per heavy atom. The van der Waals surface area contributed by atoms with Crippen molar-refractivity contribution >= 4 is 11.6 Å². The molecule has 0 aliphatic carbocycles. The van der Waals surface area contributed by atoms with Crippen LogP contribution in [0.15, 0.2) is 54.6 Å². The second-order valence-electron chi connectivity index (χ2n) is 4.13. The van der Waals surface area contributed by atoms with E-state index in [-0.39, 0.29) is 0 Å². The van der Waals surface area contributed by atoms with Gasteiger partial charge in [0.15, 0.2) is 5.82 Å². The van der Waals surface area contributed by atoms with Crippen molar-refractivity contribution in [3.63, 3.8) is 0 Å². The Balaban J connectivity index is 1.80. The SMILES string of the molecule is Clc1ccc(Cc2nnn(-c3ccccc3)n2)cc1. The van der Waals surface area contributed by atoms with Gasteiger partial charge in [-0.3, -0.25) is 0 Å². The Kier molecular flexibility index (Phi) is 3.25. The molecule has 0 radical (unpaired) electrons. The van der Waals surface area contributed by atoms with Crippen LogP contribution in [-0.2, 0) is 6.42 Å². The molecule has 3 rings (SSSR count). The Morgan fingerprint density at radius 1 is 0.947 bits per heavy atom. The average Bonchev–Trinajstić information content (AvgIpc) is 2.91. The normalized spacial score (nSPS) is 10.6. The first-order valence-electron chi connectivity index (χ1n) is 5.90. The van der Waals surface area contributed by atoms with Crippen LogP contribution in [0.2, 0.25) is 5.02 Å². The van der Waals surface area contributed by atoms with Gasteiger partial charge in [-0.1, -0.05) is 41.9 Å². The molecule has 0 saturated heterocycles. The molecule has 1 aromatic heterocycles. The van der Waals surface area contributed by atoms with E-state index in [1.54, 1.807) is 0 Å². The number of aromatic nitrogens is 4. The van der Waals surface area contributed by atoms with Crippen molar-refractivity contribution in [1.82, 2.24) is 20.2 Å². The van der Waals surface area contributed by atoms with Gasteiger partial charge in [-0.25, -0.2) is 0 Å². The molecule has 0 aliphatic rings. The molecule has 0 saturated carbocycles. The second-order valence-corrected chi connectivity index (χ2v) is 4.57. The lowest BCUT2D eigenvalue weighted by molar-refractivity contribution is 0.718. The molecule has 1 heterocycles. The van der Waals surface area contributed by atoms with E-state index in [1.807, 2.05) is 54.6 Å². The van der Waals surface area contributed by atoms with Crippen molar-refractivity contribution in [2.45, 2.75) is 6.42 Å². The minimum Gasteiger partial charge on any atom is -0.131 e. The van der Waals surface area contributed by atoms with Crippen LogP contribution in [0.25, 0.3) is 5.69 Å². The monoisotopic (exact) mass is 270 g/mol. The van der Waals surface area contributed by atoms with E-state index in [0.717, 1.165) is 16.3 Å². The number of rotatable bonds is 3. The maximum atomic E-state index is 5.85. The molecular weight excluding hydrogens is 260 g/mol. The first-order valence-corrected chi connectivity index (χ1v) is 6.28. The predicted octanol–water partition coefficient (Wildman–Crippen LogP) is 2.91. The standard InChI is InChI=1S/C14H11ClN4/c15-12-8-6-11(7-9-12)10-14-16-18-19(17-14)13-4-2-1-3-5-13/h1-9H,10H2. The van der Waals surface area contributed by atoms with Crippen molar-refractivity contribution in [3.8, 4) is 5.69 Å². The molecule has 0 spiro atoms. The van der Waals surface area contributed by atoms with Crippen LogP contribution >= 0.6 is 11.6 Å². The zero-order chi connectivity index (χ0) is 13.1. The maximum Gasteiger partial charge on any atom is 0.179 e. The zero-order valence-corrected chi connectivity index (χ0v) is 10.8. The van der Waals surface area contributed by atoms with Gasteiger partial charge in [-0.2, -0.15) is 0 Å². The van der Waals surface area contributed by atoms with Gasteiger partial charge in [0.2, 0.25) is 0 Å². The average molecular weight is 271 g/mol. The highest BCUT2D eigenvalue weighted by molar-refractivity contribution is 6.30. The minimum atomic E-state index is 0.643. The van der Waals surface area contributed by atoms with Crippen molar-refractivity contribution in [3.05, 3.63) is 71.0 Å². The summed E-state index contributed by atoms with van der Waals surface area (Å²) in [7, 11) is 0. The highest BCUT2D eigenvalue weighted by Gasteiger charge is 2.05. The van der Waals surface area contributed by atoms with Crippen LogP contribution in [0.1, 0.15) is 11.4 Å². The molecule has 0 fully saturated rings. The van der Waals surface area contributed by atoms with E-state index < -0.39 is 0 Å². The number of para-hydroxylation sites is 1. The molecule has 2 aromatic carbocycles. The largest absolute Gasteiger partial charge is 0.179 e. The smallest absolute Gasteiger partial charge is 0.131 e. The first kappa shape index (κ1) is 11.9. The van der Waals surface area contributed by atoms with E-state index in [2.05, 4.69) is 15.4 Å². The molecule has 0 unspecified atom stereocenters. The second kappa shape index (κ2) is 5.20. The van der Waals surface area contributed by atoms with Crippen LogP contribution in [0, 0.1) is 0 Å². The van der Waals surface area contributed by atoms with Crippen LogP contribution < -0.4 is 0 Å². The van der Waals surface area contributed by atoms with E-state index in [9.17, 15) is 0 Å². The summed E-state index contributed by atoms with van der Waals surface area (Å²) in [5, 5.41) is 13.2. The molecular formula is C14H11ClN4. The number of halogens is 1. The predicted molar refractivity (Wildman–Crippen MR) is 73.4 cm³/mol. The van der Waals surface area contributed by atoms with Gasteiger partial charge in [-0.15, -0.1) is 15.0 Å². The van der Waals surface area contributed by atoms with E-state index >= 15 is 0 Å². The Hall–Kier alpha value is -2.20. The third kappa shape index (κ3) is 2.80.